The van der Waals surface area contributed by atoms with Gasteiger partial charge in [0.2, 0.25) is 5.91 Å². The number of nitrogens with zero attached hydrogens (tertiary/aromatic N) is 4. The van der Waals surface area contributed by atoms with Crippen molar-refractivity contribution in [1.82, 2.24) is 19.2 Å². The molecule has 8 nitrogen and oxygen atoms in total. The number of amides is 2. The Bertz CT molecular complexity index is 1310. The van der Waals surface area contributed by atoms with E-state index in [9.17, 15) is 9.59 Å². The van der Waals surface area contributed by atoms with Gasteiger partial charge in [0.05, 0.1) is 5.69 Å². The Morgan fingerprint density at radius 3 is 2.46 bits per heavy atom. The van der Waals surface area contributed by atoms with Crippen LogP contribution in [0.4, 0.5) is 0 Å². The van der Waals surface area contributed by atoms with Crippen LogP contribution in [0, 0.1) is 0 Å². The number of carbonyl (C=O) groups excluding carboxylic acids is 2. The molecule has 0 bridgehead atoms. The molecule has 4 aromatic rings. The van der Waals surface area contributed by atoms with Crippen LogP contribution in [0.1, 0.15) is 32.0 Å². The summed E-state index contributed by atoms with van der Waals surface area (Å²) in [6.07, 6.45) is 3.89. The lowest BCUT2D eigenvalue weighted by Crippen LogP contribution is -2.48. The Labute approximate surface area is 203 Å². The molecule has 178 valence electrons. The molecule has 0 atom stereocenters. The molecule has 0 saturated carbocycles. The molecular weight excluding hydrogens is 442 g/mol. The van der Waals surface area contributed by atoms with Gasteiger partial charge in [-0.05, 0) is 48.0 Å². The summed E-state index contributed by atoms with van der Waals surface area (Å²) in [6, 6.07) is 20.5. The quantitative estimate of drug-likeness (QED) is 0.449. The molecule has 2 aromatic heterocycles. The Hall–Kier alpha value is -4.17. The number of pyridine rings is 1. The molecule has 5 rings (SSSR count). The molecule has 1 saturated heterocycles. The van der Waals surface area contributed by atoms with Crippen LogP contribution < -0.4 is 10.5 Å². The topological polar surface area (TPSA) is 93.2 Å². The van der Waals surface area contributed by atoms with Crippen molar-refractivity contribution in [2.45, 2.75) is 13.2 Å². The number of benzene rings is 2. The van der Waals surface area contributed by atoms with Gasteiger partial charge in [-0.25, -0.2) is 4.98 Å². The summed E-state index contributed by atoms with van der Waals surface area (Å²) in [7, 11) is 0. The van der Waals surface area contributed by atoms with Crippen LogP contribution in [0.2, 0.25) is 0 Å². The number of ether oxygens (including phenoxy) is 1. The van der Waals surface area contributed by atoms with Crippen molar-refractivity contribution in [2.75, 3.05) is 26.2 Å². The number of primary amides is 1. The van der Waals surface area contributed by atoms with Crippen molar-refractivity contribution < 1.29 is 14.3 Å². The molecule has 2 N–H and O–H groups in total. The molecule has 0 radical (unpaired) electrons. The van der Waals surface area contributed by atoms with Gasteiger partial charge >= 0.3 is 0 Å². The van der Waals surface area contributed by atoms with Gasteiger partial charge in [-0.1, -0.05) is 24.3 Å². The average molecular weight is 470 g/mol. The van der Waals surface area contributed by atoms with Gasteiger partial charge in [0.1, 0.15) is 18.0 Å². The number of hydrogen-bond acceptors (Lipinski definition) is 5. The summed E-state index contributed by atoms with van der Waals surface area (Å²) < 4.78 is 7.88. The first-order valence-corrected chi connectivity index (χ1v) is 11.6. The van der Waals surface area contributed by atoms with Gasteiger partial charge in [0.15, 0.2) is 0 Å². The first-order valence-electron chi connectivity index (χ1n) is 11.6. The lowest BCUT2D eigenvalue weighted by molar-refractivity contribution is 0.0628. The summed E-state index contributed by atoms with van der Waals surface area (Å²) in [5.41, 5.74) is 9.25. The van der Waals surface area contributed by atoms with E-state index in [1.165, 1.54) is 0 Å². The standard InChI is InChI=1S/C27H27N5O3/c28-26(33)21-9-7-20(8-10-21)17-30-12-14-31(15-13-30)27(34)22-4-3-5-24(16-22)35-19-23-18-32-11-2-1-6-25(32)29-23/h1-11,16,18H,12-15,17,19H2,(H2,28,33). The maximum atomic E-state index is 13.1. The highest BCUT2D eigenvalue weighted by Crippen LogP contribution is 2.18. The van der Waals surface area contributed by atoms with E-state index in [0.29, 0.717) is 36.6 Å². The van der Waals surface area contributed by atoms with Crippen molar-refractivity contribution in [2.24, 2.45) is 5.73 Å². The van der Waals surface area contributed by atoms with Crippen LogP contribution in [0.25, 0.3) is 5.65 Å². The van der Waals surface area contributed by atoms with E-state index in [1.54, 1.807) is 18.2 Å². The monoisotopic (exact) mass is 469 g/mol. The van der Waals surface area contributed by atoms with E-state index in [0.717, 1.165) is 36.5 Å². The minimum atomic E-state index is -0.423. The predicted molar refractivity (Wildman–Crippen MR) is 132 cm³/mol. The van der Waals surface area contributed by atoms with Gasteiger partial charge in [-0.2, -0.15) is 0 Å². The van der Waals surface area contributed by atoms with E-state index in [2.05, 4.69) is 9.88 Å². The van der Waals surface area contributed by atoms with Crippen LogP contribution in [0.15, 0.2) is 79.1 Å². The molecule has 1 fully saturated rings. The second kappa shape index (κ2) is 9.99. The predicted octanol–water partition coefficient (Wildman–Crippen LogP) is 2.97. The number of rotatable bonds is 7. The smallest absolute Gasteiger partial charge is 0.254 e. The highest BCUT2D eigenvalue weighted by Gasteiger charge is 2.22. The van der Waals surface area contributed by atoms with E-state index >= 15 is 0 Å². The molecule has 8 heteroatoms. The SMILES string of the molecule is NC(=O)c1ccc(CN2CCN(C(=O)c3cccc(OCc4cn5ccccc5n4)c3)CC2)cc1. The third-order valence-electron chi connectivity index (χ3n) is 6.19. The summed E-state index contributed by atoms with van der Waals surface area (Å²) in [5, 5.41) is 0. The van der Waals surface area contributed by atoms with Gasteiger partial charge in [0, 0.05) is 56.2 Å². The highest BCUT2D eigenvalue weighted by atomic mass is 16.5. The first-order chi connectivity index (χ1) is 17.0. The Balaban J connectivity index is 1.15. The van der Waals surface area contributed by atoms with Crippen LogP contribution in [0.3, 0.4) is 0 Å². The van der Waals surface area contributed by atoms with Gasteiger partial charge in [0.25, 0.3) is 5.91 Å². The first kappa shape index (κ1) is 22.6. The Morgan fingerprint density at radius 2 is 1.71 bits per heavy atom. The molecule has 35 heavy (non-hydrogen) atoms. The highest BCUT2D eigenvalue weighted by molar-refractivity contribution is 5.94. The zero-order chi connectivity index (χ0) is 24.2. The summed E-state index contributed by atoms with van der Waals surface area (Å²) in [5.74, 6) is 0.230. The second-order valence-corrected chi connectivity index (χ2v) is 8.64. The maximum absolute atomic E-state index is 13.1. The Kier molecular flexibility index (Phi) is 6.45. The van der Waals surface area contributed by atoms with Crippen molar-refractivity contribution in [3.8, 4) is 5.75 Å². The minimum absolute atomic E-state index is 0.00800. The third kappa shape index (κ3) is 5.33. The molecule has 2 aromatic carbocycles. The molecule has 2 amide bonds. The van der Waals surface area contributed by atoms with E-state index in [-0.39, 0.29) is 5.91 Å². The number of fused-ring (bicyclic) bond motifs is 1. The second-order valence-electron chi connectivity index (χ2n) is 8.64. The number of hydrogen-bond donors (Lipinski definition) is 1. The third-order valence-corrected chi connectivity index (χ3v) is 6.19. The molecular formula is C27H27N5O3. The summed E-state index contributed by atoms with van der Waals surface area (Å²) in [4.78, 5) is 33.1. The van der Waals surface area contributed by atoms with Crippen molar-refractivity contribution in [1.29, 1.82) is 0 Å². The van der Waals surface area contributed by atoms with E-state index < -0.39 is 5.91 Å². The summed E-state index contributed by atoms with van der Waals surface area (Å²) >= 11 is 0. The average Bonchev–Trinajstić information content (AvgIpc) is 3.31. The van der Waals surface area contributed by atoms with E-state index in [1.807, 2.05) is 70.2 Å². The fourth-order valence-electron chi connectivity index (χ4n) is 4.26. The molecule has 1 aliphatic rings. The number of carbonyl (C=O) groups is 2. The number of aromatic nitrogens is 2. The molecule has 1 aliphatic heterocycles. The zero-order valence-corrected chi connectivity index (χ0v) is 19.3. The van der Waals surface area contributed by atoms with Crippen molar-refractivity contribution >= 4 is 17.5 Å². The normalized spacial score (nSPS) is 14.2. The lowest BCUT2D eigenvalue weighted by atomic mass is 10.1. The Morgan fingerprint density at radius 1 is 0.914 bits per heavy atom. The fraction of sp³-hybridized carbons (Fsp3) is 0.222. The van der Waals surface area contributed by atoms with E-state index in [4.69, 9.17) is 10.5 Å². The number of imidazole rings is 1. The van der Waals surface area contributed by atoms with Crippen LogP contribution in [-0.4, -0.2) is 57.2 Å². The van der Waals surface area contributed by atoms with Crippen molar-refractivity contribution in [3.63, 3.8) is 0 Å². The largest absolute Gasteiger partial charge is 0.487 e. The summed E-state index contributed by atoms with van der Waals surface area (Å²) in [6.45, 7) is 3.99. The van der Waals surface area contributed by atoms with Gasteiger partial charge < -0.3 is 19.8 Å². The molecule has 0 unspecified atom stereocenters. The van der Waals surface area contributed by atoms with Crippen molar-refractivity contribution in [3.05, 3.63) is 102 Å². The van der Waals surface area contributed by atoms with Crippen LogP contribution >= 0.6 is 0 Å². The number of piperazine rings is 1. The molecule has 0 aliphatic carbocycles. The van der Waals surface area contributed by atoms with Gasteiger partial charge in [-0.3, -0.25) is 14.5 Å². The molecule has 0 spiro atoms. The fourth-order valence-corrected chi connectivity index (χ4v) is 4.26. The van der Waals surface area contributed by atoms with Gasteiger partial charge in [-0.15, -0.1) is 0 Å². The number of nitrogens with two attached hydrogens (primary N) is 1. The van der Waals surface area contributed by atoms with Crippen LogP contribution in [-0.2, 0) is 13.2 Å². The maximum Gasteiger partial charge on any atom is 0.254 e. The lowest BCUT2D eigenvalue weighted by Gasteiger charge is -2.34. The minimum Gasteiger partial charge on any atom is -0.487 e. The van der Waals surface area contributed by atoms with Crippen LogP contribution in [0.5, 0.6) is 5.75 Å². The molecule has 3 heterocycles. The zero-order valence-electron chi connectivity index (χ0n) is 19.3.